The fraction of sp³-hybridized carbons (Fsp3) is 0.118. The Kier molecular flexibility index (Phi) is 2.98. The van der Waals surface area contributed by atoms with E-state index in [4.69, 9.17) is 16.6 Å². The number of nitrogens with one attached hydrogen (secondary N) is 1. The van der Waals surface area contributed by atoms with Crippen molar-refractivity contribution in [3.05, 3.63) is 63.5 Å². The number of benzene rings is 2. The van der Waals surface area contributed by atoms with Crippen LogP contribution in [0.4, 0.5) is 10.8 Å². The summed E-state index contributed by atoms with van der Waals surface area (Å²) in [6.07, 6.45) is 0.953. The zero-order valence-electron chi connectivity index (χ0n) is 11.5. The van der Waals surface area contributed by atoms with Crippen molar-refractivity contribution in [1.29, 1.82) is 0 Å². The summed E-state index contributed by atoms with van der Waals surface area (Å²) in [4.78, 5) is 6.05. The molecule has 1 aliphatic carbocycles. The summed E-state index contributed by atoms with van der Waals surface area (Å²) in [6.45, 7) is 2.09. The van der Waals surface area contributed by atoms with Crippen LogP contribution in [-0.4, -0.2) is 4.98 Å². The largest absolute Gasteiger partial charge is 0.332 e. The van der Waals surface area contributed by atoms with E-state index in [1.54, 1.807) is 11.3 Å². The van der Waals surface area contributed by atoms with Crippen molar-refractivity contribution >= 4 is 33.8 Å². The highest BCUT2D eigenvalue weighted by molar-refractivity contribution is 7.16. The smallest absolute Gasteiger partial charge is 0.187 e. The first-order chi connectivity index (χ1) is 10.2. The van der Waals surface area contributed by atoms with E-state index in [-0.39, 0.29) is 0 Å². The highest BCUT2D eigenvalue weighted by Crippen LogP contribution is 2.42. The molecule has 1 aromatic heterocycles. The summed E-state index contributed by atoms with van der Waals surface area (Å²) in [6, 6.07) is 14.4. The molecule has 104 valence electrons. The molecule has 0 radical (unpaired) electrons. The lowest BCUT2D eigenvalue weighted by Gasteiger charge is -2.04. The predicted octanol–water partition coefficient (Wildman–Crippen LogP) is 5.42. The first-order valence-corrected chi connectivity index (χ1v) is 8.01. The third kappa shape index (κ3) is 2.33. The molecule has 0 saturated carbocycles. The summed E-state index contributed by atoms with van der Waals surface area (Å²) < 4.78 is 0. The average Bonchev–Trinajstić information content (AvgIpc) is 2.96. The van der Waals surface area contributed by atoms with Gasteiger partial charge >= 0.3 is 0 Å². The van der Waals surface area contributed by atoms with Crippen molar-refractivity contribution in [3.8, 4) is 11.3 Å². The predicted molar refractivity (Wildman–Crippen MR) is 89.8 cm³/mol. The third-order valence-corrected chi connectivity index (χ3v) is 4.85. The fourth-order valence-electron chi connectivity index (χ4n) is 2.68. The molecule has 0 saturated heterocycles. The molecule has 0 aliphatic heterocycles. The van der Waals surface area contributed by atoms with Crippen molar-refractivity contribution in [2.75, 3.05) is 5.32 Å². The Labute approximate surface area is 132 Å². The molecule has 4 rings (SSSR count). The van der Waals surface area contributed by atoms with E-state index >= 15 is 0 Å². The maximum Gasteiger partial charge on any atom is 0.187 e. The number of hydrogen-bond acceptors (Lipinski definition) is 3. The molecule has 4 heteroatoms. The van der Waals surface area contributed by atoms with Gasteiger partial charge in [0.25, 0.3) is 0 Å². The minimum atomic E-state index is 0.766. The molecule has 1 aliphatic rings. The molecule has 0 bridgehead atoms. The maximum atomic E-state index is 6.10. The van der Waals surface area contributed by atoms with Crippen molar-refractivity contribution < 1.29 is 0 Å². The zero-order valence-corrected chi connectivity index (χ0v) is 13.1. The second-order valence-corrected chi connectivity index (χ2v) is 6.78. The molecule has 3 aromatic rings. The second kappa shape index (κ2) is 4.86. The molecule has 0 fully saturated rings. The molecule has 0 spiro atoms. The van der Waals surface area contributed by atoms with Gasteiger partial charge in [0.1, 0.15) is 0 Å². The van der Waals surface area contributed by atoms with Crippen LogP contribution >= 0.6 is 22.9 Å². The maximum absolute atomic E-state index is 6.10. The van der Waals surface area contributed by atoms with Gasteiger partial charge in [0, 0.05) is 27.6 Å². The topological polar surface area (TPSA) is 24.9 Å². The van der Waals surface area contributed by atoms with E-state index in [1.807, 2.05) is 18.2 Å². The quantitative estimate of drug-likeness (QED) is 0.534. The van der Waals surface area contributed by atoms with Crippen LogP contribution in [0.3, 0.4) is 0 Å². The lowest BCUT2D eigenvalue weighted by atomic mass is 10.1. The summed E-state index contributed by atoms with van der Waals surface area (Å²) in [5.41, 5.74) is 5.88. The summed E-state index contributed by atoms with van der Waals surface area (Å²) in [5, 5.41) is 5.10. The molecule has 2 nitrogen and oxygen atoms in total. The lowest BCUT2D eigenvalue weighted by molar-refractivity contribution is 1.31. The Morgan fingerprint density at radius 1 is 1.19 bits per heavy atom. The second-order valence-electron chi connectivity index (χ2n) is 5.26. The Morgan fingerprint density at radius 2 is 2.10 bits per heavy atom. The first kappa shape index (κ1) is 12.9. The van der Waals surface area contributed by atoms with Gasteiger partial charge in [-0.2, -0.15) is 0 Å². The fourth-order valence-corrected chi connectivity index (χ4v) is 3.87. The molecular weight excluding hydrogens is 300 g/mol. The normalized spacial score (nSPS) is 12.1. The van der Waals surface area contributed by atoms with E-state index in [0.717, 1.165) is 28.0 Å². The number of fused-ring (bicyclic) bond motifs is 3. The van der Waals surface area contributed by atoms with E-state index in [2.05, 4.69) is 36.5 Å². The van der Waals surface area contributed by atoms with Gasteiger partial charge in [-0.15, -0.1) is 11.3 Å². The number of rotatable bonds is 2. The molecule has 0 amide bonds. The molecular formula is C17H13ClN2S. The zero-order chi connectivity index (χ0) is 14.4. The molecule has 2 aromatic carbocycles. The number of hydrogen-bond donors (Lipinski definition) is 1. The van der Waals surface area contributed by atoms with E-state index in [9.17, 15) is 0 Å². The van der Waals surface area contributed by atoms with Crippen LogP contribution in [0, 0.1) is 6.92 Å². The molecule has 0 unspecified atom stereocenters. The Hall–Kier alpha value is -1.84. The van der Waals surface area contributed by atoms with Crippen LogP contribution in [-0.2, 0) is 6.42 Å². The Balaban J connectivity index is 1.69. The van der Waals surface area contributed by atoms with E-state index in [0.29, 0.717) is 0 Å². The van der Waals surface area contributed by atoms with Crippen LogP contribution in [0.25, 0.3) is 11.3 Å². The highest BCUT2D eigenvalue weighted by atomic mass is 35.5. The summed E-state index contributed by atoms with van der Waals surface area (Å²) in [7, 11) is 0. The van der Waals surface area contributed by atoms with Gasteiger partial charge in [0.2, 0.25) is 0 Å². The first-order valence-electron chi connectivity index (χ1n) is 6.81. The molecule has 0 atom stereocenters. The molecule has 1 heterocycles. The van der Waals surface area contributed by atoms with Crippen LogP contribution < -0.4 is 5.32 Å². The van der Waals surface area contributed by atoms with Gasteiger partial charge in [-0.25, -0.2) is 4.98 Å². The monoisotopic (exact) mass is 312 g/mol. The molecule has 21 heavy (non-hydrogen) atoms. The van der Waals surface area contributed by atoms with Crippen molar-refractivity contribution in [2.24, 2.45) is 0 Å². The van der Waals surface area contributed by atoms with Crippen LogP contribution in [0.2, 0.25) is 5.02 Å². The van der Waals surface area contributed by atoms with Crippen LogP contribution in [0.15, 0.2) is 42.5 Å². The minimum Gasteiger partial charge on any atom is -0.332 e. The van der Waals surface area contributed by atoms with Gasteiger partial charge in [0.15, 0.2) is 5.13 Å². The minimum absolute atomic E-state index is 0.766. The number of anilines is 2. The molecule has 1 N–H and O–H groups in total. The SMILES string of the molecule is Cc1cccc(Nc2nc3c(s2)Cc2ccc(Cl)cc2-3)c1. The van der Waals surface area contributed by atoms with Crippen molar-refractivity contribution in [3.63, 3.8) is 0 Å². The van der Waals surface area contributed by atoms with Gasteiger partial charge < -0.3 is 5.32 Å². The van der Waals surface area contributed by atoms with Gasteiger partial charge in [-0.1, -0.05) is 29.8 Å². The third-order valence-electron chi connectivity index (χ3n) is 3.64. The standard InChI is InChI=1S/C17H13ClN2S/c1-10-3-2-4-13(7-10)19-17-20-16-14-9-12(18)6-5-11(14)8-15(16)21-17/h2-7,9H,8H2,1H3,(H,19,20). The van der Waals surface area contributed by atoms with Crippen LogP contribution in [0.1, 0.15) is 16.0 Å². The number of aryl methyl sites for hydroxylation is 1. The number of aromatic nitrogens is 1. The van der Waals surface area contributed by atoms with Crippen LogP contribution in [0.5, 0.6) is 0 Å². The summed E-state index contributed by atoms with van der Waals surface area (Å²) >= 11 is 7.82. The highest BCUT2D eigenvalue weighted by Gasteiger charge is 2.23. The Bertz CT molecular complexity index is 839. The van der Waals surface area contributed by atoms with Crippen molar-refractivity contribution in [2.45, 2.75) is 13.3 Å². The van der Waals surface area contributed by atoms with Gasteiger partial charge in [0.05, 0.1) is 5.69 Å². The van der Waals surface area contributed by atoms with Gasteiger partial charge in [-0.05, 0) is 42.3 Å². The number of nitrogens with zero attached hydrogens (tertiary/aromatic N) is 1. The average molecular weight is 313 g/mol. The van der Waals surface area contributed by atoms with E-state index < -0.39 is 0 Å². The van der Waals surface area contributed by atoms with Crippen molar-refractivity contribution in [1.82, 2.24) is 4.98 Å². The number of halogens is 1. The lowest BCUT2D eigenvalue weighted by Crippen LogP contribution is -1.90. The summed E-state index contributed by atoms with van der Waals surface area (Å²) in [5.74, 6) is 0. The van der Waals surface area contributed by atoms with Gasteiger partial charge in [-0.3, -0.25) is 0 Å². The number of thiazole rings is 1. The van der Waals surface area contributed by atoms with E-state index in [1.165, 1.54) is 21.6 Å². The Morgan fingerprint density at radius 3 is 2.95 bits per heavy atom.